The summed E-state index contributed by atoms with van der Waals surface area (Å²) in [4.78, 5) is 25.7. The number of nitrogens with two attached hydrogens (primary N) is 1. The molecule has 0 saturated carbocycles. The first-order valence-corrected chi connectivity index (χ1v) is 9.38. The molecule has 0 unspecified atom stereocenters. The highest BCUT2D eigenvalue weighted by Gasteiger charge is 2.27. The minimum atomic E-state index is -0.623. The molecule has 1 aromatic carbocycles. The van der Waals surface area contributed by atoms with E-state index < -0.39 is 12.0 Å². The second-order valence-electron chi connectivity index (χ2n) is 6.10. The third-order valence-electron chi connectivity index (χ3n) is 4.34. The van der Waals surface area contributed by atoms with Gasteiger partial charge in [-0.1, -0.05) is 25.1 Å². The van der Waals surface area contributed by atoms with Gasteiger partial charge >= 0.3 is 0 Å². The number of anilines is 1. The van der Waals surface area contributed by atoms with Crippen LogP contribution in [-0.4, -0.2) is 17.9 Å². The van der Waals surface area contributed by atoms with Crippen molar-refractivity contribution in [3.63, 3.8) is 0 Å². The van der Waals surface area contributed by atoms with E-state index in [2.05, 4.69) is 5.32 Å². The molecule has 0 radical (unpaired) electrons. The largest absolute Gasteiger partial charge is 0.481 e. The molecule has 3 N–H and O–H groups in total. The van der Waals surface area contributed by atoms with Crippen molar-refractivity contribution in [3.8, 4) is 5.75 Å². The highest BCUT2D eigenvalue weighted by atomic mass is 32.1. The number of carbonyl (C=O) groups is 2. The molecule has 1 heterocycles. The SMILES string of the molecule is CC[C@@H](Oc1ccccc1)C(=O)Nc1sc2c(c1C(N)=O)CCCC2. The number of nitrogens with one attached hydrogen (secondary N) is 1. The monoisotopic (exact) mass is 358 g/mol. The van der Waals surface area contributed by atoms with E-state index in [4.69, 9.17) is 10.5 Å². The lowest BCUT2D eigenvalue weighted by Crippen LogP contribution is -2.32. The minimum absolute atomic E-state index is 0.257. The van der Waals surface area contributed by atoms with E-state index in [0.717, 1.165) is 36.1 Å². The van der Waals surface area contributed by atoms with Crippen LogP contribution in [0, 0.1) is 0 Å². The van der Waals surface area contributed by atoms with E-state index in [1.54, 1.807) is 0 Å². The van der Waals surface area contributed by atoms with Crippen molar-refractivity contribution in [2.75, 3.05) is 5.32 Å². The molecule has 1 aliphatic rings. The Balaban J connectivity index is 1.80. The summed E-state index contributed by atoms with van der Waals surface area (Å²) in [6.07, 6.45) is 3.84. The molecule has 0 bridgehead atoms. The van der Waals surface area contributed by atoms with Gasteiger partial charge in [-0.25, -0.2) is 0 Å². The van der Waals surface area contributed by atoms with E-state index in [9.17, 15) is 9.59 Å². The van der Waals surface area contributed by atoms with Crippen molar-refractivity contribution in [2.24, 2.45) is 5.73 Å². The van der Waals surface area contributed by atoms with Gasteiger partial charge in [-0.3, -0.25) is 9.59 Å². The first-order chi connectivity index (χ1) is 12.1. The summed E-state index contributed by atoms with van der Waals surface area (Å²) in [5.74, 6) is -0.0933. The normalized spacial score (nSPS) is 14.4. The summed E-state index contributed by atoms with van der Waals surface area (Å²) in [5, 5.41) is 3.43. The van der Waals surface area contributed by atoms with E-state index in [-0.39, 0.29) is 5.91 Å². The van der Waals surface area contributed by atoms with E-state index >= 15 is 0 Å². The fourth-order valence-corrected chi connectivity index (χ4v) is 4.39. The predicted octanol–water partition coefficient (Wildman–Crippen LogP) is 3.52. The molecule has 25 heavy (non-hydrogen) atoms. The zero-order valence-electron chi connectivity index (χ0n) is 14.2. The summed E-state index contributed by atoms with van der Waals surface area (Å²) in [6.45, 7) is 1.89. The van der Waals surface area contributed by atoms with Crippen molar-refractivity contribution < 1.29 is 14.3 Å². The molecule has 5 nitrogen and oxygen atoms in total. The van der Waals surface area contributed by atoms with Crippen LogP contribution >= 0.6 is 11.3 Å². The Hall–Kier alpha value is -2.34. The van der Waals surface area contributed by atoms with Crippen LogP contribution in [0.25, 0.3) is 0 Å². The molecular weight excluding hydrogens is 336 g/mol. The lowest BCUT2D eigenvalue weighted by molar-refractivity contribution is -0.122. The Kier molecular flexibility index (Phi) is 5.38. The summed E-state index contributed by atoms with van der Waals surface area (Å²) in [5.41, 5.74) is 7.06. The van der Waals surface area contributed by atoms with Crippen LogP contribution in [0.4, 0.5) is 5.00 Å². The number of primary amides is 1. The molecule has 2 aromatic rings. The molecule has 0 spiro atoms. The second-order valence-corrected chi connectivity index (χ2v) is 7.20. The number of rotatable bonds is 6. The molecule has 0 fully saturated rings. The fraction of sp³-hybridized carbons (Fsp3) is 0.368. The highest BCUT2D eigenvalue weighted by molar-refractivity contribution is 7.17. The smallest absolute Gasteiger partial charge is 0.266 e. The molecule has 0 aliphatic heterocycles. The van der Waals surface area contributed by atoms with Gasteiger partial charge in [0.15, 0.2) is 6.10 Å². The number of fused-ring (bicyclic) bond motifs is 1. The lowest BCUT2D eigenvalue weighted by atomic mass is 9.95. The van der Waals surface area contributed by atoms with Crippen LogP contribution in [0.3, 0.4) is 0 Å². The fourth-order valence-electron chi connectivity index (χ4n) is 3.09. The summed E-state index contributed by atoms with van der Waals surface area (Å²) < 4.78 is 5.78. The van der Waals surface area contributed by atoms with Gasteiger partial charge in [0.1, 0.15) is 10.8 Å². The Labute approximate surface area is 151 Å². The molecule has 1 aromatic heterocycles. The number of carbonyl (C=O) groups excluding carboxylic acids is 2. The van der Waals surface area contributed by atoms with Crippen LogP contribution in [0.5, 0.6) is 5.75 Å². The summed E-state index contributed by atoms with van der Waals surface area (Å²) in [7, 11) is 0. The quantitative estimate of drug-likeness (QED) is 0.829. The van der Waals surface area contributed by atoms with Crippen LogP contribution in [0.1, 0.15) is 47.0 Å². The molecule has 0 saturated heterocycles. The van der Waals surface area contributed by atoms with Crippen molar-refractivity contribution in [1.82, 2.24) is 0 Å². The number of thiophene rings is 1. The van der Waals surface area contributed by atoms with Crippen LogP contribution < -0.4 is 15.8 Å². The minimum Gasteiger partial charge on any atom is -0.481 e. The van der Waals surface area contributed by atoms with Gasteiger partial charge in [0.05, 0.1) is 5.56 Å². The number of hydrogen-bond donors (Lipinski definition) is 2. The number of hydrogen-bond acceptors (Lipinski definition) is 4. The Morgan fingerprint density at radius 3 is 2.64 bits per heavy atom. The molecule has 6 heteroatoms. The van der Waals surface area contributed by atoms with E-state index in [1.807, 2.05) is 37.3 Å². The molecular formula is C19H22N2O3S. The first-order valence-electron chi connectivity index (χ1n) is 8.57. The van der Waals surface area contributed by atoms with Crippen molar-refractivity contribution >= 4 is 28.2 Å². The van der Waals surface area contributed by atoms with Gasteiger partial charge in [0.25, 0.3) is 11.8 Å². The zero-order chi connectivity index (χ0) is 17.8. The van der Waals surface area contributed by atoms with Gasteiger partial charge in [-0.05, 0) is 49.8 Å². The number of ether oxygens (including phenoxy) is 1. The standard InChI is InChI=1S/C19H22N2O3S/c1-2-14(24-12-8-4-3-5-9-12)18(23)21-19-16(17(20)22)13-10-6-7-11-15(13)25-19/h3-5,8-9,14H,2,6-7,10-11H2,1H3,(H2,20,22)(H,21,23)/t14-/m1/s1. The Morgan fingerprint density at radius 1 is 1.24 bits per heavy atom. The molecule has 132 valence electrons. The molecule has 2 amide bonds. The number of amides is 2. The molecule has 1 aliphatic carbocycles. The van der Waals surface area contributed by atoms with E-state index in [1.165, 1.54) is 11.3 Å². The lowest BCUT2D eigenvalue weighted by Gasteiger charge is -2.17. The number of para-hydroxylation sites is 1. The van der Waals surface area contributed by atoms with Crippen LogP contribution in [0.2, 0.25) is 0 Å². The van der Waals surface area contributed by atoms with Crippen molar-refractivity contribution in [3.05, 3.63) is 46.3 Å². The maximum atomic E-state index is 12.7. The number of aryl methyl sites for hydroxylation is 1. The maximum Gasteiger partial charge on any atom is 0.266 e. The summed E-state index contributed by atoms with van der Waals surface area (Å²) >= 11 is 1.46. The Bertz CT molecular complexity index is 770. The average Bonchev–Trinajstić information content (AvgIpc) is 2.98. The van der Waals surface area contributed by atoms with E-state index in [0.29, 0.717) is 22.7 Å². The highest BCUT2D eigenvalue weighted by Crippen LogP contribution is 2.38. The topological polar surface area (TPSA) is 81.4 Å². The van der Waals surface area contributed by atoms with Crippen LogP contribution in [-0.2, 0) is 17.6 Å². The van der Waals surface area contributed by atoms with Crippen LogP contribution in [0.15, 0.2) is 30.3 Å². The van der Waals surface area contributed by atoms with Gasteiger partial charge in [0, 0.05) is 4.88 Å². The van der Waals surface area contributed by atoms with Gasteiger partial charge in [-0.2, -0.15) is 0 Å². The Morgan fingerprint density at radius 2 is 1.96 bits per heavy atom. The first kappa shape index (κ1) is 17.5. The van der Waals surface area contributed by atoms with Gasteiger partial charge < -0.3 is 15.8 Å². The predicted molar refractivity (Wildman–Crippen MR) is 99.3 cm³/mol. The van der Waals surface area contributed by atoms with Gasteiger partial charge in [-0.15, -0.1) is 11.3 Å². The second kappa shape index (κ2) is 7.70. The van der Waals surface area contributed by atoms with Crippen molar-refractivity contribution in [2.45, 2.75) is 45.1 Å². The third-order valence-corrected chi connectivity index (χ3v) is 5.55. The molecule has 3 rings (SSSR count). The number of benzene rings is 1. The summed E-state index contributed by atoms with van der Waals surface area (Å²) in [6, 6.07) is 9.24. The molecule has 1 atom stereocenters. The van der Waals surface area contributed by atoms with Crippen molar-refractivity contribution in [1.29, 1.82) is 0 Å². The average molecular weight is 358 g/mol. The van der Waals surface area contributed by atoms with Gasteiger partial charge in [0.2, 0.25) is 0 Å². The zero-order valence-corrected chi connectivity index (χ0v) is 15.0. The maximum absolute atomic E-state index is 12.7. The third kappa shape index (κ3) is 3.85.